The van der Waals surface area contributed by atoms with E-state index >= 15 is 0 Å². The van der Waals surface area contributed by atoms with Gasteiger partial charge < -0.3 is 10.6 Å². The molecule has 1 heterocycles. The molecule has 5 heteroatoms. The van der Waals surface area contributed by atoms with Crippen LogP contribution in [0.3, 0.4) is 0 Å². The van der Waals surface area contributed by atoms with Gasteiger partial charge in [-0.1, -0.05) is 12.2 Å². The lowest BCUT2D eigenvalue weighted by atomic mass is 10.3. The third kappa shape index (κ3) is 5.41. The molecule has 4 nitrogen and oxygen atoms in total. The predicted octanol–water partition coefficient (Wildman–Crippen LogP) is -0.548. The molecule has 1 saturated heterocycles. The Hall–Kier alpha value is -0.230. The van der Waals surface area contributed by atoms with Gasteiger partial charge in [-0.2, -0.15) is 0 Å². The summed E-state index contributed by atoms with van der Waals surface area (Å²) < 4.78 is 0. The van der Waals surface area contributed by atoms with E-state index < -0.39 is 0 Å². The molecule has 1 aliphatic rings. The lowest BCUT2D eigenvalue weighted by Gasteiger charge is -2.33. The number of nitrogens with zero attached hydrogens (tertiary/aromatic N) is 3. The molecular weight excluding hydrogens is 208 g/mol. The highest BCUT2D eigenvalue weighted by Gasteiger charge is 2.13. The van der Waals surface area contributed by atoms with Crippen molar-refractivity contribution in [1.29, 1.82) is 0 Å². The smallest absolute Gasteiger partial charge is 0.0869 e. The summed E-state index contributed by atoms with van der Waals surface area (Å²) in [6.45, 7) is 7.60. The van der Waals surface area contributed by atoms with E-state index in [1.807, 2.05) is 0 Å². The van der Waals surface area contributed by atoms with Crippen LogP contribution in [-0.2, 0) is 0 Å². The Balaban J connectivity index is 2.11. The number of hydrogen-bond donors (Lipinski definition) is 1. The Morgan fingerprint density at radius 3 is 2.47 bits per heavy atom. The third-order valence-electron chi connectivity index (χ3n) is 2.82. The number of hydrogen-bond acceptors (Lipinski definition) is 4. The molecule has 0 atom stereocenters. The number of piperazine rings is 1. The largest absolute Gasteiger partial charge is 0.392 e. The van der Waals surface area contributed by atoms with Crippen molar-refractivity contribution in [2.24, 2.45) is 5.73 Å². The summed E-state index contributed by atoms with van der Waals surface area (Å²) >= 11 is 4.87. The minimum atomic E-state index is 0.580. The van der Waals surface area contributed by atoms with E-state index in [1.54, 1.807) is 0 Å². The normalized spacial score (nSPS) is 19.7. The highest BCUT2D eigenvalue weighted by Crippen LogP contribution is 1.98. The maximum absolute atomic E-state index is 5.49. The molecule has 0 amide bonds. The minimum absolute atomic E-state index is 0.580. The van der Waals surface area contributed by atoms with Crippen LogP contribution < -0.4 is 5.73 Å². The van der Waals surface area contributed by atoms with Gasteiger partial charge in [0.25, 0.3) is 0 Å². The zero-order chi connectivity index (χ0) is 11.3. The van der Waals surface area contributed by atoms with E-state index in [0.29, 0.717) is 4.99 Å². The van der Waals surface area contributed by atoms with E-state index in [1.165, 1.54) is 26.2 Å². The zero-order valence-electron chi connectivity index (χ0n) is 9.78. The SMILES string of the molecule is CN1CCN(CCN(C)CC(N)=S)CC1. The van der Waals surface area contributed by atoms with Crippen molar-refractivity contribution in [3.63, 3.8) is 0 Å². The lowest BCUT2D eigenvalue weighted by molar-refractivity contribution is 0.143. The van der Waals surface area contributed by atoms with Crippen LogP contribution in [0.15, 0.2) is 0 Å². The summed E-state index contributed by atoms with van der Waals surface area (Å²) in [5.74, 6) is 0. The van der Waals surface area contributed by atoms with Gasteiger partial charge in [-0.05, 0) is 14.1 Å². The second-order valence-corrected chi connectivity index (χ2v) is 4.87. The molecule has 15 heavy (non-hydrogen) atoms. The van der Waals surface area contributed by atoms with Crippen LogP contribution in [0.25, 0.3) is 0 Å². The fourth-order valence-electron chi connectivity index (χ4n) is 1.73. The van der Waals surface area contributed by atoms with Crippen LogP contribution >= 0.6 is 12.2 Å². The molecule has 0 spiro atoms. The van der Waals surface area contributed by atoms with Crippen molar-refractivity contribution in [2.45, 2.75) is 0 Å². The van der Waals surface area contributed by atoms with Crippen molar-refractivity contribution < 1.29 is 0 Å². The monoisotopic (exact) mass is 230 g/mol. The van der Waals surface area contributed by atoms with Gasteiger partial charge in [0.1, 0.15) is 0 Å². The molecule has 2 N–H and O–H groups in total. The van der Waals surface area contributed by atoms with Gasteiger partial charge in [-0.3, -0.25) is 9.80 Å². The van der Waals surface area contributed by atoms with Gasteiger partial charge in [0.05, 0.1) is 4.99 Å². The van der Waals surface area contributed by atoms with Gasteiger partial charge in [-0.15, -0.1) is 0 Å². The third-order valence-corrected chi connectivity index (χ3v) is 2.95. The van der Waals surface area contributed by atoms with Crippen LogP contribution in [0.2, 0.25) is 0 Å². The van der Waals surface area contributed by atoms with Gasteiger partial charge in [0, 0.05) is 45.8 Å². The maximum atomic E-state index is 5.49. The van der Waals surface area contributed by atoms with E-state index in [2.05, 4.69) is 28.8 Å². The van der Waals surface area contributed by atoms with Crippen molar-refractivity contribution in [1.82, 2.24) is 14.7 Å². The molecule has 1 aliphatic heterocycles. The standard InChI is InChI=1S/C10H22N4S/c1-12-3-6-14(7-4-12)8-5-13(2)9-10(11)15/h3-9H2,1-2H3,(H2,11,15). The fourth-order valence-corrected chi connectivity index (χ4v) is 1.95. The van der Waals surface area contributed by atoms with E-state index in [4.69, 9.17) is 18.0 Å². The number of thiocarbonyl (C=S) groups is 1. The van der Waals surface area contributed by atoms with Crippen molar-refractivity contribution in [3.05, 3.63) is 0 Å². The second kappa shape index (κ2) is 6.37. The van der Waals surface area contributed by atoms with Crippen LogP contribution in [0.1, 0.15) is 0 Å². The van der Waals surface area contributed by atoms with Crippen molar-refractivity contribution in [3.8, 4) is 0 Å². The minimum Gasteiger partial charge on any atom is -0.392 e. The number of likely N-dealkylation sites (N-methyl/N-ethyl adjacent to an activating group) is 2. The van der Waals surface area contributed by atoms with E-state index in [-0.39, 0.29) is 0 Å². The van der Waals surface area contributed by atoms with Crippen molar-refractivity contribution in [2.75, 3.05) is 59.9 Å². The summed E-state index contributed by atoms with van der Waals surface area (Å²) in [6.07, 6.45) is 0. The molecule has 0 aliphatic carbocycles. The van der Waals surface area contributed by atoms with Gasteiger partial charge in [-0.25, -0.2) is 0 Å². The van der Waals surface area contributed by atoms with Crippen LogP contribution in [-0.4, -0.2) is 79.6 Å². The molecule has 0 radical (unpaired) electrons. The van der Waals surface area contributed by atoms with E-state index in [9.17, 15) is 0 Å². The molecule has 0 saturated carbocycles. The number of nitrogens with two attached hydrogens (primary N) is 1. The first-order valence-corrected chi connectivity index (χ1v) is 5.86. The average molecular weight is 230 g/mol. The van der Waals surface area contributed by atoms with Crippen LogP contribution in [0.4, 0.5) is 0 Å². The molecule has 0 aromatic rings. The summed E-state index contributed by atoms with van der Waals surface area (Å²) in [5.41, 5.74) is 5.49. The Morgan fingerprint density at radius 1 is 1.33 bits per heavy atom. The van der Waals surface area contributed by atoms with E-state index in [0.717, 1.165) is 19.6 Å². The highest BCUT2D eigenvalue weighted by atomic mass is 32.1. The summed E-state index contributed by atoms with van der Waals surface area (Å²) in [5, 5.41) is 0. The first kappa shape index (κ1) is 12.8. The fraction of sp³-hybridized carbons (Fsp3) is 0.900. The molecule has 1 fully saturated rings. The molecular formula is C10H22N4S. The van der Waals surface area contributed by atoms with Gasteiger partial charge >= 0.3 is 0 Å². The van der Waals surface area contributed by atoms with Crippen molar-refractivity contribution >= 4 is 17.2 Å². The molecule has 1 rings (SSSR count). The maximum Gasteiger partial charge on any atom is 0.0869 e. The highest BCUT2D eigenvalue weighted by molar-refractivity contribution is 7.80. The first-order chi connectivity index (χ1) is 7.08. The quantitative estimate of drug-likeness (QED) is 0.641. The Bertz CT molecular complexity index is 202. The summed E-state index contributed by atoms with van der Waals surface area (Å²) in [6, 6.07) is 0. The topological polar surface area (TPSA) is 35.7 Å². The molecule has 0 bridgehead atoms. The first-order valence-electron chi connectivity index (χ1n) is 5.45. The van der Waals surface area contributed by atoms with Crippen LogP contribution in [0.5, 0.6) is 0 Å². The Labute approximate surface area is 98.0 Å². The number of rotatable bonds is 5. The second-order valence-electron chi connectivity index (χ2n) is 4.35. The molecule has 0 aromatic carbocycles. The average Bonchev–Trinajstić information content (AvgIpc) is 2.16. The Kier molecular flexibility index (Phi) is 5.45. The predicted molar refractivity (Wildman–Crippen MR) is 68.2 cm³/mol. The summed E-state index contributed by atoms with van der Waals surface area (Å²) in [4.78, 5) is 7.63. The lowest BCUT2D eigenvalue weighted by Crippen LogP contribution is -2.47. The summed E-state index contributed by atoms with van der Waals surface area (Å²) in [7, 11) is 4.24. The molecule has 88 valence electrons. The Morgan fingerprint density at radius 2 is 1.93 bits per heavy atom. The van der Waals surface area contributed by atoms with Gasteiger partial charge in [0.2, 0.25) is 0 Å². The molecule has 0 unspecified atom stereocenters. The van der Waals surface area contributed by atoms with Gasteiger partial charge in [0.15, 0.2) is 0 Å². The zero-order valence-corrected chi connectivity index (χ0v) is 10.6. The van der Waals surface area contributed by atoms with Crippen LogP contribution in [0, 0.1) is 0 Å². The molecule has 0 aromatic heterocycles.